The average Bonchev–Trinajstić information content (AvgIpc) is 1.47. The van der Waals surface area contributed by atoms with Crippen molar-refractivity contribution in [1.82, 2.24) is 93.9 Å². The topological polar surface area (TPSA) is 428 Å². The van der Waals surface area contributed by atoms with Gasteiger partial charge in [0.2, 0.25) is 0 Å². The van der Waals surface area contributed by atoms with Gasteiger partial charge in [0.1, 0.15) is 75.8 Å². The van der Waals surface area contributed by atoms with Gasteiger partial charge in [-0.25, -0.2) is 64.2 Å². The van der Waals surface area contributed by atoms with E-state index in [4.69, 9.17) is 18.9 Å². The van der Waals surface area contributed by atoms with E-state index in [1.54, 1.807) is 219 Å². The lowest BCUT2D eigenvalue weighted by atomic mass is 9.95. The van der Waals surface area contributed by atoms with Gasteiger partial charge >= 0.3 is 30.0 Å². The molecule has 0 spiro atoms. The zero-order chi connectivity index (χ0) is 108. The molecule has 0 radical (unpaired) electrons. The summed E-state index contributed by atoms with van der Waals surface area (Å²) in [7, 11) is 18.7. The molecule has 146 heavy (non-hydrogen) atoms. The number of ether oxygens (including phenoxy) is 4. The lowest BCUT2D eigenvalue weighted by molar-refractivity contribution is -0.156. The van der Waals surface area contributed by atoms with E-state index in [0.29, 0.717) is 120 Å². The van der Waals surface area contributed by atoms with Crippen LogP contribution in [-0.2, 0) is 198 Å². The highest BCUT2D eigenvalue weighted by atomic mass is 127. The second-order valence-electron chi connectivity index (χ2n) is 34.2. The number of rotatable bonds is 15. The molecular formula is C93H98I3N21O14S15. The quantitative estimate of drug-likeness (QED) is 0.0431. The number of Topliss-reactive ketones (excluding diaryl/α,β-unsaturated/α-hetero) is 1. The van der Waals surface area contributed by atoms with Crippen LogP contribution >= 0.6 is 81.3 Å². The molecular weight excluding hydrogens is 2500 g/mol. The maximum atomic E-state index is 13.0. The molecule has 10 heterocycles. The number of carboxylic acids is 1. The van der Waals surface area contributed by atoms with E-state index in [1.807, 2.05) is 58.9 Å². The van der Waals surface area contributed by atoms with Crippen molar-refractivity contribution in [3.05, 3.63) is 217 Å². The van der Waals surface area contributed by atoms with Gasteiger partial charge in [-0.15, -0.1) is 0 Å². The summed E-state index contributed by atoms with van der Waals surface area (Å²) in [6.07, 6.45) is 17.7. The van der Waals surface area contributed by atoms with Crippen molar-refractivity contribution in [3.8, 4) is 55.6 Å². The first kappa shape index (κ1) is 125. The highest BCUT2D eigenvalue weighted by Crippen LogP contribution is 2.38. The average molecular weight is 2600 g/mol. The summed E-state index contributed by atoms with van der Waals surface area (Å²) in [5.74, 6) is 0.190. The lowest BCUT2D eigenvalue weighted by Gasteiger charge is -2.19. The summed E-state index contributed by atoms with van der Waals surface area (Å²) >= 11 is 39.7. The van der Waals surface area contributed by atoms with E-state index in [-0.39, 0.29) is 72.9 Å². The molecule has 2 aliphatic rings. The van der Waals surface area contributed by atoms with Crippen LogP contribution < -0.4 is 0 Å². The first-order valence-corrected chi connectivity index (χ1v) is 58.9. The third kappa shape index (κ3) is 35.5. The van der Waals surface area contributed by atoms with E-state index in [2.05, 4.69) is 232 Å². The normalized spacial score (nSPS) is 11.2. The molecule has 35 nitrogen and oxygen atoms in total. The minimum Gasteiger partial charge on any atom is -0.478 e. The van der Waals surface area contributed by atoms with Crippen LogP contribution in [0.4, 0.5) is 4.79 Å². The zero-order valence-corrected chi connectivity index (χ0v) is 101. The number of hydrogen-bond acceptors (Lipinski definition) is 36. The number of esters is 3. The van der Waals surface area contributed by atoms with Gasteiger partial charge in [-0.05, 0) is 259 Å². The SMILES string of the molecule is CC(=O)c1nn(CC(=O)OC(C)(C)C)c2cc(C(=O)N(C)C)c(-c3cnc(C)nc3)cc12.COC(=O)c1cc2c(cnn2C(=O)OC(C)(C)C)cc1-c1cnc(C)nc1.Cc1ncc(-c2cc3c(I)nn(CC(=O)OC(C)(C)C)c3cc2C(=O)N(C)C)cn1.Cc1ncc(-c2cc3c(cc2C(=O)N(C)C)CN=C3I)cn1.Cc1ncc(-c2cc3c(cc2C(=O)O)CN=C3I)cn1.S.S=S.S=S=S.S=S=S=S.S=S=S=S=S. The number of halogens is 3. The van der Waals surface area contributed by atoms with E-state index in [9.17, 15) is 48.3 Å². The van der Waals surface area contributed by atoms with Gasteiger partial charge in [0, 0.05) is 331 Å². The molecule has 0 unspecified atom stereocenters. The summed E-state index contributed by atoms with van der Waals surface area (Å²) < 4.78 is 27.8. The van der Waals surface area contributed by atoms with Gasteiger partial charge in [0.15, 0.2) is 5.78 Å². The highest BCUT2D eigenvalue weighted by Gasteiger charge is 2.31. The monoisotopic (exact) mass is 2590 g/mol. The van der Waals surface area contributed by atoms with Crippen molar-refractivity contribution in [3.63, 3.8) is 0 Å². The molecule has 3 amide bonds. The number of carboxylic acid groups (broad SMARTS) is 1. The number of aromatic carboxylic acids is 1. The Labute approximate surface area is 947 Å². The Morgan fingerprint density at radius 2 is 0.733 bits per heavy atom. The Balaban J connectivity index is 0.000000271. The maximum Gasteiger partial charge on any atom is 0.435 e. The third-order valence-electron chi connectivity index (χ3n) is 19.5. The standard InChI is InChI=1S/C23H27N5O4.C21H24IN5O3.C19H20N4O4.C16H15IN4O.C14H10IN3O2.S5.S4.S3.S2.H2S/c1-13(29)21-18-8-16(15-10-24-14(2)25-11-15)17(22(31)27(6)7)9-19(18)28(26-21)12-20(30)32-23(3,4)5;1-12-23-9-13(10-24-12)14-7-16-17(8-15(14)20(29)26(5)6)27(25-19(16)22)11-18(28)30-21(2,3)4;1-11-20-8-13(9-21-11)14-6-12-10-22-23(18(25)27-19(2,3)4)16(12)7-15(14)17(24)26-5;1-9-18-7-11(8-19-9)12-5-13-10(6-20-15(13)17)4-14(12)16(22)21(2)3;1-7-16-5-9(6-17-7)10-3-11-8(4-18-13(11)15)2-12(10)14(19)20;1-3-5-4-2;1-3-4-2;1-3-2;1-2;/h8-11H,12H2,1-7H3;7-10H,11H2,1-6H3;6-10H,1-5H3;4-5,7-8H,6H2,1-3H3;2-3,5-6H,4H2,1H3,(H,19,20);;;;;1H2. The molecule has 15 rings (SSSR count). The number of aliphatic imine (C=N–C) groups is 2. The largest absolute Gasteiger partial charge is 0.478 e. The van der Waals surface area contributed by atoms with E-state index in [0.717, 1.165) is 74.6 Å². The van der Waals surface area contributed by atoms with Gasteiger partial charge in [0.05, 0.1) is 54.1 Å². The molecule has 2 aliphatic heterocycles. The summed E-state index contributed by atoms with van der Waals surface area (Å²) in [4.78, 5) is 167. The minimum absolute atomic E-state index is 0. The van der Waals surface area contributed by atoms with Crippen LogP contribution in [0.25, 0.3) is 88.3 Å². The predicted molar refractivity (Wildman–Crippen MR) is 631 cm³/mol. The first-order chi connectivity index (χ1) is 68.3. The molecule has 0 fully saturated rings. The number of nitrogens with zero attached hydrogens (tertiary/aromatic N) is 21. The van der Waals surface area contributed by atoms with Crippen molar-refractivity contribution in [2.24, 2.45) is 9.98 Å². The summed E-state index contributed by atoms with van der Waals surface area (Å²) in [5.41, 5.74) is 13.1. The predicted octanol–water partition coefficient (Wildman–Crippen LogP) is 15.6. The van der Waals surface area contributed by atoms with E-state index in [1.165, 1.54) is 72.9 Å². The minimum atomic E-state index is -0.953. The Morgan fingerprint density at radius 3 is 1.05 bits per heavy atom. The molecule has 0 aliphatic carbocycles. The van der Waals surface area contributed by atoms with Crippen LogP contribution in [0, 0.1) is 38.3 Å². The van der Waals surface area contributed by atoms with Crippen LogP contribution in [0.2, 0.25) is 0 Å². The number of amides is 3. The number of hydrogen-bond donors (Lipinski definition) is 1. The second-order valence-corrected chi connectivity index (χ2v) is 47.9. The van der Waals surface area contributed by atoms with E-state index < -0.39 is 40.8 Å². The summed E-state index contributed by atoms with van der Waals surface area (Å²) in [6, 6.07) is 17.9. The van der Waals surface area contributed by atoms with Crippen molar-refractivity contribution < 1.29 is 67.2 Å². The fourth-order valence-electron chi connectivity index (χ4n) is 13.4. The number of benzene rings is 5. The number of methoxy groups -OCH3 is 1. The number of carbonyl (C=O) groups excluding carboxylic acids is 8. The molecule has 0 atom stereocenters. The van der Waals surface area contributed by atoms with Crippen molar-refractivity contribution in [1.29, 1.82) is 0 Å². The van der Waals surface area contributed by atoms with Gasteiger partial charge in [-0.1, -0.05) is 0 Å². The third-order valence-corrected chi connectivity index (χ3v) is 28.8. The fourth-order valence-corrected chi connectivity index (χ4v) is 18.2. The van der Waals surface area contributed by atoms with Crippen LogP contribution in [-0.4, -0.2) is 226 Å². The second kappa shape index (κ2) is 57.9. The molecule has 8 aromatic heterocycles. The van der Waals surface area contributed by atoms with Crippen molar-refractivity contribution >= 4 is 318 Å². The smallest absolute Gasteiger partial charge is 0.435 e. The summed E-state index contributed by atoms with van der Waals surface area (Å²) in [5, 5.41) is 24.4. The van der Waals surface area contributed by atoms with E-state index >= 15 is 0 Å². The highest BCUT2D eigenvalue weighted by molar-refractivity contribution is 14.1. The molecule has 5 aromatic carbocycles. The molecule has 1 N–H and O–H groups in total. The first-order valence-electron chi connectivity index (χ1n) is 42.3. The molecule has 0 saturated heterocycles. The number of ketones is 1. The van der Waals surface area contributed by atoms with Crippen LogP contribution in [0.15, 0.2) is 139 Å². The van der Waals surface area contributed by atoms with Crippen molar-refractivity contribution in [2.75, 3.05) is 49.4 Å². The van der Waals surface area contributed by atoms with Gasteiger partial charge in [0.25, 0.3) is 17.7 Å². The molecule has 0 bridgehead atoms. The van der Waals surface area contributed by atoms with Crippen molar-refractivity contribution in [2.45, 2.75) is 147 Å². The Bertz CT molecular complexity index is 7400. The number of aryl methyl sites for hydroxylation is 5. The van der Waals surface area contributed by atoms with Crippen LogP contribution in [0.1, 0.15) is 183 Å². The lowest BCUT2D eigenvalue weighted by Crippen LogP contribution is -2.27. The summed E-state index contributed by atoms with van der Waals surface area (Å²) in [6.45, 7) is 27.4. The molecule has 0 saturated carbocycles. The van der Waals surface area contributed by atoms with Gasteiger partial charge in [-0.3, -0.25) is 48.1 Å². The Hall–Kier alpha value is -9.70. The molecule has 53 heteroatoms. The number of aromatic nitrogens is 16. The fraction of sp³-hybridized carbons (Fsp3) is 0.312. The zero-order valence-electron chi connectivity index (χ0n) is 82.4. The molecule has 770 valence electrons. The van der Waals surface area contributed by atoms with Gasteiger partial charge in [-0.2, -0.15) is 33.5 Å². The van der Waals surface area contributed by atoms with Gasteiger partial charge < -0.3 is 38.8 Å². The van der Waals surface area contributed by atoms with Crippen LogP contribution in [0.5, 0.6) is 0 Å². The maximum absolute atomic E-state index is 13.0. The molecule has 13 aromatic rings. The Kier molecular flexibility index (Phi) is 49.6. The van der Waals surface area contributed by atoms with Crippen LogP contribution in [0.3, 0.4) is 0 Å². The number of fused-ring (bicyclic) bond motifs is 5. The number of carbonyl (C=O) groups is 9. The Morgan fingerprint density at radius 1 is 0.418 bits per heavy atom.